The second-order valence-corrected chi connectivity index (χ2v) is 8.48. The minimum Gasteiger partial charge on any atom is -0.480 e. The molecule has 3 aromatic carbocycles. The van der Waals surface area contributed by atoms with Crippen molar-refractivity contribution in [2.45, 2.75) is 12.5 Å². The number of primary amides is 1. The summed E-state index contributed by atoms with van der Waals surface area (Å²) in [7, 11) is 0. The minimum atomic E-state index is -1.59. The molecule has 8 nitrogen and oxygen atoms in total. The Hall–Kier alpha value is -4.14. The van der Waals surface area contributed by atoms with Crippen LogP contribution in [0.15, 0.2) is 78.5 Å². The van der Waals surface area contributed by atoms with Gasteiger partial charge in [-0.05, 0) is 47.0 Å². The average molecular weight is 526 g/mol. The molecule has 36 heavy (non-hydrogen) atoms. The lowest BCUT2D eigenvalue weighted by molar-refractivity contribution is -0.142. The molecule has 1 atom stereocenters. The second-order valence-electron chi connectivity index (χ2n) is 7.66. The Bertz CT molecular complexity index is 1330. The van der Waals surface area contributed by atoms with Crippen LogP contribution < -0.4 is 16.4 Å². The first-order valence-electron chi connectivity index (χ1n) is 10.6. The van der Waals surface area contributed by atoms with Gasteiger partial charge in [0.25, 0.3) is 11.8 Å². The van der Waals surface area contributed by atoms with Gasteiger partial charge < -0.3 is 21.5 Å². The number of hydrogen-bond acceptors (Lipinski definition) is 4. The first-order chi connectivity index (χ1) is 17.1. The quantitative estimate of drug-likeness (QED) is 0.314. The molecule has 0 heterocycles. The van der Waals surface area contributed by atoms with Gasteiger partial charge in [0.1, 0.15) is 11.7 Å². The van der Waals surface area contributed by atoms with Gasteiger partial charge in [-0.3, -0.25) is 14.4 Å². The summed E-state index contributed by atoms with van der Waals surface area (Å²) in [5.41, 5.74) is 7.34. The second kappa shape index (κ2) is 12.0. The van der Waals surface area contributed by atoms with Gasteiger partial charge in [-0.15, -0.1) is 0 Å². The van der Waals surface area contributed by atoms with Crippen molar-refractivity contribution in [2.24, 2.45) is 5.73 Å². The summed E-state index contributed by atoms with van der Waals surface area (Å²) >= 11 is 12.0. The maximum atomic E-state index is 12.9. The highest BCUT2D eigenvalue weighted by atomic mass is 35.5. The third-order valence-corrected chi connectivity index (χ3v) is 5.75. The highest BCUT2D eigenvalue weighted by molar-refractivity contribution is 6.42. The Balaban J connectivity index is 1.88. The molecule has 0 aliphatic carbocycles. The number of nitrogens with one attached hydrogen (secondary N) is 2. The van der Waals surface area contributed by atoms with Crippen LogP contribution in [-0.4, -0.2) is 34.8 Å². The molecule has 3 aromatic rings. The first kappa shape index (κ1) is 26.5. The topological polar surface area (TPSA) is 139 Å². The molecular weight excluding hydrogens is 505 g/mol. The number of hydrogen-bond donors (Lipinski definition) is 4. The van der Waals surface area contributed by atoms with Gasteiger partial charge >= 0.3 is 5.97 Å². The number of carbonyl (C=O) groups is 4. The highest BCUT2D eigenvalue weighted by Gasteiger charge is 2.25. The van der Waals surface area contributed by atoms with Crippen molar-refractivity contribution in [3.63, 3.8) is 0 Å². The number of benzene rings is 3. The lowest BCUT2D eigenvalue weighted by Crippen LogP contribution is -2.46. The summed E-state index contributed by atoms with van der Waals surface area (Å²) in [6.07, 6.45) is 0.674. The minimum absolute atomic E-state index is 0.213. The lowest BCUT2D eigenvalue weighted by atomic mass is 10.0. The van der Waals surface area contributed by atoms with Gasteiger partial charge in [-0.2, -0.15) is 0 Å². The molecule has 0 aliphatic rings. The molecule has 0 aromatic heterocycles. The lowest BCUT2D eigenvalue weighted by Gasteiger charge is -2.16. The van der Waals surface area contributed by atoms with Crippen LogP contribution in [0.5, 0.6) is 0 Å². The van der Waals surface area contributed by atoms with Crippen molar-refractivity contribution in [2.75, 3.05) is 0 Å². The zero-order chi connectivity index (χ0) is 26.2. The molecule has 0 aliphatic heterocycles. The van der Waals surface area contributed by atoms with Crippen LogP contribution in [0.3, 0.4) is 0 Å². The zero-order valence-corrected chi connectivity index (χ0v) is 20.2. The van der Waals surface area contributed by atoms with Crippen LogP contribution in [0.2, 0.25) is 10.0 Å². The Morgan fingerprint density at radius 1 is 0.889 bits per heavy atom. The van der Waals surface area contributed by atoms with Crippen molar-refractivity contribution in [3.05, 3.63) is 99.7 Å². The molecule has 3 amide bonds. The van der Waals surface area contributed by atoms with Crippen molar-refractivity contribution in [1.29, 1.82) is 0 Å². The monoisotopic (exact) mass is 525 g/mol. The largest absolute Gasteiger partial charge is 0.480 e. The van der Waals surface area contributed by atoms with Gasteiger partial charge in [0.05, 0.1) is 16.5 Å². The number of carboxylic acid groups (broad SMARTS) is 1. The molecule has 0 radical (unpaired) electrons. The molecule has 0 spiro atoms. The number of amides is 3. The number of aliphatic carboxylic acids is 1. The van der Waals surface area contributed by atoms with E-state index >= 15 is 0 Å². The van der Waals surface area contributed by atoms with E-state index < -0.39 is 36.2 Å². The smallest absolute Gasteiger partial charge is 0.326 e. The standard InChI is InChI=1S/C26H21Cl2N3O5/c27-19-11-6-15(12-20(19)28)13-21(25(34)31-22(26(35)36)14-23(29)32)30-24(33)18-9-7-17(8-10-18)16-4-2-1-3-5-16/h1-13,22H,14H2,(H2,29,32)(H,30,33)(H,31,34)(H,35,36)/b21-13+/t22-/m1/s1. The van der Waals surface area contributed by atoms with E-state index in [9.17, 15) is 24.3 Å². The van der Waals surface area contributed by atoms with E-state index in [1.165, 1.54) is 18.2 Å². The van der Waals surface area contributed by atoms with Crippen molar-refractivity contribution >= 4 is 53.0 Å². The number of nitrogens with two attached hydrogens (primary N) is 1. The van der Waals surface area contributed by atoms with E-state index in [1.54, 1.807) is 30.3 Å². The number of halogens is 2. The Morgan fingerprint density at radius 2 is 1.53 bits per heavy atom. The van der Waals surface area contributed by atoms with E-state index in [0.717, 1.165) is 11.1 Å². The Labute approximate surface area is 216 Å². The molecular formula is C26H21Cl2N3O5. The maximum absolute atomic E-state index is 12.9. The van der Waals surface area contributed by atoms with Crippen LogP contribution >= 0.6 is 23.2 Å². The number of carbonyl (C=O) groups excluding carboxylic acids is 3. The molecule has 0 fully saturated rings. The van der Waals surface area contributed by atoms with E-state index in [1.807, 2.05) is 30.3 Å². The van der Waals surface area contributed by atoms with Crippen LogP contribution in [0.4, 0.5) is 0 Å². The molecule has 3 rings (SSSR count). The Morgan fingerprint density at radius 3 is 2.11 bits per heavy atom. The molecule has 10 heteroatoms. The first-order valence-corrected chi connectivity index (χ1v) is 11.3. The summed E-state index contributed by atoms with van der Waals surface area (Å²) < 4.78 is 0. The molecule has 0 bridgehead atoms. The fourth-order valence-corrected chi connectivity index (χ4v) is 3.51. The molecule has 0 saturated carbocycles. The van der Waals surface area contributed by atoms with Crippen molar-refractivity contribution in [3.8, 4) is 11.1 Å². The summed E-state index contributed by atoms with van der Waals surface area (Å²) in [4.78, 5) is 48.6. The molecule has 184 valence electrons. The van der Waals surface area contributed by atoms with E-state index in [-0.39, 0.29) is 21.3 Å². The maximum Gasteiger partial charge on any atom is 0.326 e. The van der Waals surface area contributed by atoms with Gasteiger partial charge in [-0.25, -0.2) is 4.79 Å². The van der Waals surface area contributed by atoms with Crippen LogP contribution in [0, 0.1) is 0 Å². The van der Waals surface area contributed by atoms with E-state index in [4.69, 9.17) is 28.9 Å². The van der Waals surface area contributed by atoms with Gasteiger partial charge in [0.2, 0.25) is 5.91 Å². The summed E-state index contributed by atoms with van der Waals surface area (Å²) in [5.74, 6) is -3.93. The molecule has 5 N–H and O–H groups in total. The average Bonchev–Trinajstić information content (AvgIpc) is 2.85. The van der Waals surface area contributed by atoms with Gasteiger partial charge in [0.15, 0.2) is 0 Å². The fraction of sp³-hybridized carbons (Fsp3) is 0.0769. The van der Waals surface area contributed by atoms with Crippen molar-refractivity contribution in [1.82, 2.24) is 10.6 Å². The third kappa shape index (κ3) is 7.18. The van der Waals surface area contributed by atoms with Crippen molar-refractivity contribution < 1.29 is 24.3 Å². The van der Waals surface area contributed by atoms with Crippen LogP contribution in [0.1, 0.15) is 22.3 Å². The SMILES string of the molecule is NC(=O)C[C@@H](NC(=O)/C(=C\c1ccc(Cl)c(Cl)c1)NC(=O)c1ccc(-c2ccccc2)cc1)C(=O)O. The van der Waals surface area contributed by atoms with Crippen LogP contribution in [-0.2, 0) is 14.4 Å². The fourth-order valence-electron chi connectivity index (χ4n) is 3.20. The van der Waals surface area contributed by atoms with Gasteiger partial charge in [-0.1, -0.05) is 71.7 Å². The molecule has 0 unspecified atom stereocenters. The predicted octanol–water partition coefficient (Wildman–Crippen LogP) is 3.88. The highest BCUT2D eigenvalue weighted by Crippen LogP contribution is 2.24. The number of rotatable bonds is 9. The van der Waals surface area contributed by atoms with E-state index in [2.05, 4.69) is 10.6 Å². The Kier molecular flexibility index (Phi) is 8.83. The number of carboxylic acids is 1. The third-order valence-electron chi connectivity index (χ3n) is 5.01. The predicted molar refractivity (Wildman–Crippen MR) is 137 cm³/mol. The summed E-state index contributed by atoms with van der Waals surface area (Å²) in [6.45, 7) is 0. The van der Waals surface area contributed by atoms with Gasteiger partial charge in [0, 0.05) is 5.56 Å². The zero-order valence-electron chi connectivity index (χ0n) is 18.7. The van der Waals surface area contributed by atoms with E-state index in [0.29, 0.717) is 5.56 Å². The normalized spacial score (nSPS) is 11.9. The summed E-state index contributed by atoms with van der Waals surface area (Å²) in [6, 6.07) is 19.2. The molecule has 0 saturated heterocycles. The summed E-state index contributed by atoms with van der Waals surface area (Å²) in [5, 5.41) is 14.5. The van der Waals surface area contributed by atoms with Crippen LogP contribution in [0.25, 0.3) is 17.2 Å².